The molecule has 0 spiro atoms. The maximum atomic E-state index is 12.4. The molecule has 0 bridgehead atoms. The van der Waals surface area contributed by atoms with E-state index in [2.05, 4.69) is 10.3 Å². The highest BCUT2D eigenvalue weighted by Crippen LogP contribution is 2.11. The Morgan fingerprint density at radius 2 is 2.25 bits per heavy atom. The lowest BCUT2D eigenvalue weighted by molar-refractivity contribution is -0.130. The van der Waals surface area contributed by atoms with Crippen molar-refractivity contribution in [2.75, 3.05) is 26.8 Å². The summed E-state index contributed by atoms with van der Waals surface area (Å²) in [5, 5.41) is 2.50. The fourth-order valence-corrected chi connectivity index (χ4v) is 2.13. The van der Waals surface area contributed by atoms with Crippen LogP contribution in [0.5, 0.6) is 0 Å². The summed E-state index contributed by atoms with van der Waals surface area (Å²) in [6.07, 6.45) is 1.39. The van der Waals surface area contributed by atoms with Crippen LogP contribution in [0.3, 0.4) is 0 Å². The van der Waals surface area contributed by atoms with E-state index in [1.54, 1.807) is 6.92 Å². The summed E-state index contributed by atoms with van der Waals surface area (Å²) < 4.78 is 5.23. The molecule has 1 unspecified atom stereocenters. The number of nitrogens with one attached hydrogen (secondary N) is 2. The number of aromatic nitrogens is 1. The minimum atomic E-state index is -0.707. The van der Waals surface area contributed by atoms with E-state index < -0.39 is 11.9 Å². The van der Waals surface area contributed by atoms with Gasteiger partial charge in [-0.15, -0.1) is 0 Å². The standard InChI is InChI=1S/C13H17N3O4/c1-8-5-11(17)9(6-15-8)13(19)16-3-4-20-7-10(16)12(18)14-2/h5-6,10H,3-4,7H2,1-2H3,(H,14,18)(H,15,17). The first-order valence-electron chi connectivity index (χ1n) is 6.34. The Hall–Kier alpha value is -2.15. The van der Waals surface area contributed by atoms with Crippen molar-refractivity contribution in [1.82, 2.24) is 15.2 Å². The van der Waals surface area contributed by atoms with Crippen molar-refractivity contribution >= 4 is 11.8 Å². The van der Waals surface area contributed by atoms with Crippen LogP contribution in [0, 0.1) is 6.92 Å². The largest absolute Gasteiger partial charge is 0.377 e. The molecule has 0 aliphatic carbocycles. The Labute approximate surface area is 115 Å². The molecule has 0 aromatic carbocycles. The van der Waals surface area contributed by atoms with E-state index in [0.717, 1.165) is 0 Å². The van der Waals surface area contributed by atoms with Crippen molar-refractivity contribution in [2.45, 2.75) is 13.0 Å². The third-order valence-corrected chi connectivity index (χ3v) is 3.23. The Morgan fingerprint density at radius 1 is 1.50 bits per heavy atom. The number of aromatic amines is 1. The van der Waals surface area contributed by atoms with Gasteiger partial charge in [0, 0.05) is 31.5 Å². The summed E-state index contributed by atoms with van der Waals surface area (Å²) in [5.41, 5.74) is 0.358. The van der Waals surface area contributed by atoms with E-state index in [9.17, 15) is 14.4 Å². The highest BCUT2D eigenvalue weighted by atomic mass is 16.5. The molecule has 108 valence electrons. The maximum Gasteiger partial charge on any atom is 0.260 e. The fourth-order valence-electron chi connectivity index (χ4n) is 2.13. The van der Waals surface area contributed by atoms with Gasteiger partial charge < -0.3 is 19.9 Å². The minimum absolute atomic E-state index is 0.0337. The van der Waals surface area contributed by atoms with Gasteiger partial charge in [0.2, 0.25) is 5.91 Å². The van der Waals surface area contributed by atoms with Crippen LogP contribution in [0.15, 0.2) is 17.1 Å². The Morgan fingerprint density at radius 3 is 2.90 bits per heavy atom. The quantitative estimate of drug-likeness (QED) is 0.746. The van der Waals surface area contributed by atoms with Crippen molar-refractivity contribution < 1.29 is 14.3 Å². The molecule has 2 heterocycles. The van der Waals surface area contributed by atoms with Crippen LogP contribution in [0.25, 0.3) is 0 Å². The molecule has 1 fully saturated rings. The van der Waals surface area contributed by atoms with Gasteiger partial charge in [0.25, 0.3) is 5.91 Å². The van der Waals surface area contributed by atoms with E-state index in [0.29, 0.717) is 12.3 Å². The first kappa shape index (κ1) is 14.3. The summed E-state index contributed by atoms with van der Waals surface area (Å²) in [5.74, 6) is -0.759. The van der Waals surface area contributed by atoms with Gasteiger partial charge in [-0.25, -0.2) is 0 Å². The predicted molar refractivity (Wildman–Crippen MR) is 71.5 cm³/mol. The molecule has 1 atom stereocenters. The number of rotatable bonds is 2. The smallest absolute Gasteiger partial charge is 0.260 e. The fraction of sp³-hybridized carbons (Fsp3) is 0.462. The number of carbonyl (C=O) groups is 2. The lowest BCUT2D eigenvalue weighted by Gasteiger charge is -2.34. The topological polar surface area (TPSA) is 91.5 Å². The van der Waals surface area contributed by atoms with Crippen LogP contribution in [-0.4, -0.2) is 54.5 Å². The highest BCUT2D eigenvalue weighted by Gasteiger charge is 2.33. The van der Waals surface area contributed by atoms with Crippen molar-refractivity contribution in [3.63, 3.8) is 0 Å². The Kier molecular flexibility index (Phi) is 4.19. The number of hydrogen-bond acceptors (Lipinski definition) is 4. The molecule has 2 amide bonds. The third kappa shape index (κ3) is 2.72. The van der Waals surface area contributed by atoms with Crippen LogP contribution in [0.1, 0.15) is 16.1 Å². The second kappa shape index (κ2) is 5.87. The zero-order valence-electron chi connectivity index (χ0n) is 11.4. The number of amides is 2. The van der Waals surface area contributed by atoms with Gasteiger partial charge in [0.1, 0.15) is 11.6 Å². The predicted octanol–water partition coefficient (Wildman–Crippen LogP) is -0.730. The Bertz CT molecular complexity index is 581. The van der Waals surface area contributed by atoms with Gasteiger partial charge in [-0.2, -0.15) is 0 Å². The lowest BCUT2D eigenvalue weighted by Crippen LogP contribution is -2.55. The molecule has 2 rings (SSSR count). The molecule has 1 aliphatic heterocycles. The maximum absolute atomic E-state index is 12.4. The van der Waals surface area contributed by atoms with Gasteiger partial charge >= 0.3 is 0 Å². The zero-order valence-corrected chi connectivity index (χ0v) is 11.4. The van der Waals surface area contributed by atoms with E-state index in [-0.39, 0.29) is 30.1 Å². The van der Waals surface area contributed by atoms with Gasteiger partial charge in [-0.05, 0) is 6.92 Å². The average Bonchev–Trinajstić information content (AvgIpc) is 2.46. The summed E-state index contributed by atoms with van der Waals surface area (Å²) >= 11 is 0. The number of aryl methyl sites for hydroxylation is 1. The molecule has 1 aliphatic rings. The molecule has 1 saturated heterocycles. The second-order valence-corrected chi connectivity index (χ2v) is 4.60. The second-order valence-electron chi connectivity index (χ2n) is 4.60. The van der Waals surface area contributed by atoms with E-state index in [1.165, 1.54) is 24.2 Å². The highest BCUT2D eigenvalue weighted by molar-refractivity contribution is 5.97. The lowest BCUT2D eigenvalue weighted by atomic mass is 10.1. The number of H-pyrrole nitrogens is 1. The molecule has 0 radical (unpaired) electrons. The van der Waals surface area contributed by atoms with Crippen molar-refractivity contribution in [1.29, 1.82) is 0 Å². The molecular formula is C13H17N3O4. The first-order valence-corrected chi connectivity index (χ1v) is 6.34. The number of nitrogens with zero attached hydrogens (tertiary/aromatic N) is 1. The molecule has 20 heavy (non-hydrogen) atoms. The van der Waals surface area contributed by atoms with Gasteiger partial charge in [0.15, 0.2) is 5.43 Å². The molecule has 0 saturated carbocycles. The van der Waals surface area contributed by atoms with E-state index in [1.807, 2.05) is 0 Å². The van der Waals surface area contributed by atoms with Gasteiger partial charge in [-0.1, -0.05) is 0 Å². The number of carbonyl (C=O) groups excluding carboxylic acids is 2. The summed E-state index contributed by atoms with van der Waals surface area (Å²) in [4.78, 5) is 40.3. The van der Waals surface area contributed by atoms with Crippen LogP contribution in [-0.2, 0) is 9.53 Å². The number of likely N-dealkylation sites (N-methyl/N-ethyl adjacent to an activating group) is 1. The molecule has 1 aromatic rings. The van der Waals surface area contributed by atoms with Crippen LogP contribution < -0.4 is 10.7 Å². The van der Waals surface area contributed by atoms with E-state index in [4.69, 9.17) is 4.74 Å². The average molecular weight is 279 g/mol. The van der Waals surface area contributed by atoms with Crippen LogP contribution in [0.2, 0.25) is 0 Å². The third-order valence-electron chi connectivity index (χ3n) is 3.23. The van der Waals surface area contributed by atoms with Crippen molar-refractivity contribution in [3.8, 4) is 0 Å². The summed E-state index contributed by atoms with van der Waals surface area (Å²) in [6.45, 7) is 2.50. The van der Waals surface area contributed by atoms with E-state index >= 15 is 0 Å². The first-order chi connectivity index (χ1) is 9.54. The van der Waals surface area contributed by atoms with Crippen molar-refractivity contribution in [2.24, 2.45) is 0 Å². The zero-order chi connectivity index (χ0) is 14.7. The number of ether oxygens (including phenoxy) is 1. The monoisotopic (exact) mass is 279 g/mol. The number of morpholine rings is 1. The van der Waals surface area contributed by atoms with Crippen LogP contribution >= 0.6 is 0 Å². The molecule has 2 N–H and O–H groups in total. The van der Waals surface area contributed by atoms with Crippen LogP contribution in [0.4, 0.5) is 0 Å². The van der Waals surface area contributed by atoms with Crippen molar-refractivity contribution in [3.05, 3.63) is 33.7 Å². The molecule has 7 nitrogen and oxygen atoms in total. The van der Waals surface area contributed by atoms with Gasteiger partial charge in [-0.3, -0.25) is 14.4 Å². The number of hydrogen-bond donors (Lipinski definition) is 2. The molecular weight excluding hydrogens is 262 g/mol. The summed E-state index contributed by atoms with van der Waals surface area (Å²) in [7, 11) is 1.50. The minimum Gasteiger partial charge on any atom is -0.377 e. The SMILES string of the molecule is CNC(=O)C1COCCN1C(=O)c1c[nH]c(C)cc1=O. The van der Waals surface area contributed by atoms with Gasteiger partial charge in [0.05, 0.1) is 13.2 Å². The molecule has 1 aromatic heterocycles. The normalized spacial score (nSPS) is 18.7. The summed E-state index contributed by atoms with van der Waals surface area (Å²) in [6, 6.07) is 0.657. The number of pyridine rings is 1. The molecule has 7 heteroatoms. The Balaban J connectivity index is 2.30.